The quantitative estimate of drug-likeness (QED) is 0.755. The van der Waals surface area contributed by atoms with Crippen LogP contribution in [0, 0.1) is 11.6 Å². The van der Waals surface area contributed by atoms with E-state index in [1.807, 2.05) is 0 Å². The molecule has 1 aromatic heterocycles. The van der Waals surface area contributed by atoms with Gasteiger partial charge in [0.15, 0.2) is 6.10 Å². The van der Waals surface area contributed by atoms with Crippen molar-refractivity contribution in [2.75, 3.05) is 0 Å². The van der Waals surface area contributed by atoms with Gasteiger partial charge in [-0.15, -0.1) is 0 Å². The molecule has 1 amide bonds. The highest BCUT2D eigenvalue weighted by Gasteiger charge is 2.15. The molecule has 24 heavy (non-hydrogen) atoms. The van der Waals surface area contributed by atoms with Crippen LogP contribution < -0.4 is 10.1 Å². The fourth-order valence-corrected chi connectivity index (χ4v) is 2.23. The average molecular weight is 331 g/mol. The van der Waals surface area contributed by atoms with E-state index in [1.165, 1.54) is 30.3 Å². The van der Waals surface area contributed by atoms with Gasteiger partial charge in [-0.3, -0.25) is 4.79 Å². The van der Waals surface area contributed by atoms with Crippen LogP contribution in [0.5, 0.6) is 5.75 Å². The number of hydrogen-bond acceptors (Lipinski definition) is 3. The van der Waals surface area contributed by atoms with E-state index in [1.54, 1.807) is 19.1 Å². The number of H-pyrrole nitrogens is 1. The molecule has 3 rings (SSSR count). The predicted molar refractivity (Wildman–Crippen MR) is 84.4 cm³/mol. The Labute approximate surface area is 136 Å². The largest absolute Gasteiger partial charge is 0.481 e. The molecule has 0 unspecified atom stereocenters. The smallest absolute Gasteiger partial charge is 0.261 e. The van der Waals surface area contributed by atoms with Crippen LogP contribution in [0.3, 0.4) is 0 Å². The Bertz CT molecular complexity index is 879. The second-order valence-electron chi connectivity index (χ2n) is 5.28. The van der Waals surface area contributed by atoms with Crippen LogP contribution >= 0.6 is 0 Å². The number of carbonyl (C=O) groups is 1. The first-order valence-electron chi connectivity index (χ1n) is 7.35. The van der Waals surface area contributed by atoms with Crippen LogP contribution in [0.25, 0.3) is 11.0 Å². The second kappa shape index (κ2) is 6.66. The number of hydrogen-bond donors (Lipinski definition) is 2. The number of fused-ring (bicyclic) bond motifs is 1. The highest BCUT2D eigenvalue weighted by Crippen LogP contribution is 2.14. The maximum atomic E-state index is 13.1. The van der Waals surface area contributed by atoms with Crippen molar-refractivity contribution in [3.8, 4) is 5.75 Å². The number of rotatable bonds is 5. The summed E-state index contributed by atoms with van der Waals surface area (Å²) >= 11 is 0. The molecule has 0 aliphatic heterocycles. The summed E-state index contributed by atoms with van der Waals surface area (Å²) in [5.41, 5.74) is 1.17. The van der Waals surface area contributed by atoms with Gasteiger partial charge in [0.05, 0.1) is 17.6 Å². The third-order valence-electron chi connectivity index (χ3n) is 3.40. The van der Waals surface area contributed by atoms with E-state index in [0.29, 0.717) is 16.9 Å². The summed E-state index contributed by atoms with van der Waals surface area (Å²) in [5, 5.41) is 2.66. The molecule has 0 spiro atoms. The van der Waals surface area contributed by atoms with Crippen molar-refractivity contribution in [3.05, 3.63) is 59.9 Å². The Morgan fingerprint density at radius 1 is 1.25 bits per heavy atom. The van der Waals surface area contributed by atoms with E-state index in [9.17, 15) is 13.6 Å². The molecule has 0 saturated carbocycles. The molecule has 124 valence electrons. The molecular formula is C17H15F2N3O2. The topological polar surface area (TPSA) is 67.0 Å². The second-order valence-corrected chi connectivity index (χ2v) is 5.28. The van der Waals surface area contributed by atoms with Gasteiger partial charge in [-0.25, -0.2) is 13.8 Å². The molecular weight excluding hydrogens is 316 g/mol. The SMILES string of the molecule is C[C@@H](Oc1cccc(F)c1)C(=O)NCc1nc2ccc(F)cc2[nH]1. The number of nitrogens with zero attached hydrogens (tertiary/aromatic N) is 1. The van der Waals surface area contributed by atoms with Crippen molar-refractivity contribution in [2.45, 2.75) is 19.6 Å². The molecule has 1 atom stereocenters. The number of imidazole rings is 1. The lowest BCUT2D eigenvalue weighted by molar-refractivity contribution is -0.127. The number of carbonyl (C=O) groups excluding carboxylic acids is 1. The van der Waals surface area contributed by atoms with E-state index >= 15 is 0 Å². The van der Waals surface area contributed by atoms with Crippen LogP contribution in [0.2, 0.25) is 0 Å². The number of aromatic nitrogens is 2. The summed E-state index contributed by atoms with van der Waals surface area (Å²) < 4.78 is 31.6. The van der Waals surface area contributed by atoms with Gasteiger partial charge in [0.1, 0.15) is 23.2 Å². The highest BCUT2D eigenvalue weighted by molar-refractivity contribution is 5.81. The summed E-state index contributed by atoms with van der Waals surface area (Å²) in [6.07, 6.45) is -0.798. The van der Waals surface area contributed by atoms with Crippen molar-refractivity contribution < 1.29 is 18.3 Å². The van der Waals surface area contributed by atoms with Crippen molar-refractivity contribution in [1.29, 1.82) is 0 Å². The first kappa shape index (κ1) is 15.9. The van der Waals surface area contributed by atoms with E-state index in [2.05, 4.69) is 15.3 Å². The lowest BCUT2D eigenvalue weighted by atomic mass is 10.3. The Balaban J connectivity index is 1.59. The third kappa shape index (κ3) is 3.68. The lowest BCUT2D eigenvalue weighted by Gasteiger charge is -2.14. The van der Waals surface area contributed by atoms with E-state index in [4.69, 9.17) is 4.74 Å². The minimum Gasteiger partial charge on any atom is -0.481 e. The van der Waals surface area contributed by atoms with Gasteiger partial charge in [0.25, 0.3) is 5.91 Å². The molecule has 3 aromatic rings. The minimum absolute atomic E-state index is 0.145. The number of aromatic amines is 1. The number of amides is 1. The van der Waals surface area contributed by atoms with Gasteiger partial charge in [-0.05, 0) is 37.3 Å². The zero-order valence-corrected chi connectivity index (χ0v) is 12.8. The van der Waals surface area contributed by atoms with Crippen LogP contribution in [0.4, 0.5) is 8.78 Å². The third-order valence-corrected chi connectivity index (χ3v) is 3.40. The Morgan fingerprint density at radius 2 is 2.04 bits per heavy atom. The van der Waals surface area contributed by atoms with Gasteiger partial charge < -0.3 is 15.0 Å². The van der Waals surface area contributed by atoms with E-state index in [0.717, 1.165) is 0 Å². The summed E-state index contributed by atoms with van der Waals surface area (Å²) in [5.74, 6) is -0.391. The van der Waals surface area contributed by atoms with Gasteiger partial charge >= 0.3 is 0 Å². The van der Waals surface area contributed by atoms with E-state index in [-0.39, 0.29) is 24.0 Å². The number of halogens is 2. The molecule has 0 fully saturated rings. The van der Waals surface area contributed by atoms with Gasteiger partial charge in [0.2, 0.25) is 0 Å². The van der Waals surface area contributed by atoms with Crippen LogP contribution in [-0.4, -0.2) is 22.0 Å². The van der Waals surface area contributed by atoms with Crippen molar-refractivity contribution in [1.82, 2.24) is 15.3 Å². The molecule has 0 aliphatic rings. The summed E-state index contributed by atoms with van der Waals surface area (Å²) in [6, 6.07) is 9.79. The Morgan fingerprint density at radius 3 is 2.83 bits per heavy atom. The van der Waals surface area contributed by atoms with Crippen molar-refractivity contribution in [2.24, 2.45) is 0 Å². The minimum atomic E-state index is -0.798. The summed E-state index contributed by atoms with van der Waals surface area (Å²) in [4.78, 5) is 19.2. The van der Waals surface area contributed by atoms with Crippen LogP contribution in [-0.2, 0) is 11.3 Å². The first-order chi connectivity index (χ1) is 11.5. The maximum Gasteiger partial charge on any atom is 0.261 e. The number of ether oxygens (including phenoxy) is 1. The standard InChI is InChI=1S/C17H15F2N3O2/c1-10(24-13-4-2-3-11(18)7-13)17(23)20-9-16-21-14-6-5-12(19)8-15(14)22-16/h2-8,10H,9H2,1H3,(H,20,23)(H,21,22)/t10-/m1/s1. The molecule has 0 saturated heterocycles. The molecule has 0 aliphatic carbocycles. The highest BCUT2D eigenvalue weighted by atomic mass is 19.1. The first-order valence-corrected chi connectivity index (χ1v) is 7.35. The average Bonchev–Trinajstić information content (AvgIpc) is 2.94. The lowest BCUT2D eigenvalue weighted by Crippen LogP contribution is -2.36. The van der Waals surface area contributed by atoms with E-state index < -0.39 is 11.9 Å². The molecule has 2 N–H and O–H groups in total. The van der Waals surface area contributed by atoms with Crippen LogP contribution in [0.1, 0.15) is 12.7 Å². The Hall–Kier alpha value is -2.96. The van der Waals surface area contributed by atoms with Crippen molar-refractivity contribution in [3.63, 3.8) is 0 Å². The number of benzene rings is 2. The molecule has 7 heteroatoms. The Kier molecular flexibility index (Phi) is 4.41. The summed E-state index contributed by atoms with van der Waals surface area (Å²) in [6.45, 7) is 1.71. The fourth-order valence-electron chi connectivity index (χ4n) is 2.23. The molecule has 1 heterocycles. The van der Waals surface area contributed by atoms with Gasteiger partial charge in [-0.2, -0.15) is 0 Å². The predicted octanol–water partition coefficient (Wildman–Crippen LogP) is 2.92. The molecule has 0 bridgehead atoms. The fraction of sp³-hybridized carbons (Fsp3) is 0.176. The molecule has 5 nitrogen and oxygen atoms in total. The zero-order valence-electron chi connectivity index (χ0n) is 12.8. The van der Waals surface area contributed by atoms with Crippen LogP contribution in [0.15, 0.2) is 42.5 Å². The monoisotopic (exact) mass is 331 g/mol. The number of nitrogens with one attached hydrogen (secondary N) is 2. The van der Waals surface area contributed by atoms with Gasteiger partial charge in [-0.1, -0.05) is 6.07 Å². The molecule has 2 aromatic carbocycles. The normalized spacial score (nSPS) is 12.1. The summed E-state index contributed by atoms with van der Waals surface area (Å²) in [7, 11) is 0. The molecule has 0 radical (unpaired) electrons. The van der Waals surface area contributed by atoms with Crippen molar-refractivity contribution >= 4 is 16.9 Å². The maximum absolute atomic E-state index is 13.1. The van der Waals surface area contributed by atoms with Gasteiger partial charge in [0, 0.05) is 6.07 Å². The zero-order chi connectivity index (χ0) is 17.1.